The third kappa shape index (κ3) is 3.23. The Morgan fingerprint density at radius 3 is 2.76 bits per heavy atom. The Balaban J connectivity index is 1.46. The fraction of sp³-hybridized carbons (Fsp3) is 0.429. The summed E-state index contributed by atoms with van der Waals surface area (Å²) in [6, 6.07) is 6.82. The molecule has 29 heavy (non-hydrogen) atoms. The van der Waals surface area contributed by atoms with Crippen molar-refractivity contribution in [3.63, 3.8) is 0 Å². The lowest BCUT2D eigenvalue weighted by Gasteiger charge is -2.26. The van der Waals surface area contributed by atoms with E-state index in [2.05, 4.69) is 31.9 Å². The normalized spacial score (nSPS) is 19.8. The Bertz CT molecular complexity index is 1170. The topological polar surface area (TPSA) is 99.0 Å². The van der Waals surface area contributed by atoms with Crippen LogP contribution in [0.2, 0.25) is 0 Å². The molecule has 1 saturated carbocycles. The maximum Gasteiger partial charge on any atom is 0.241 e. The summed E-state index contributed by atoms with van der Waals surface area (Å²) in [5, 5.41) is 8.11. The molecule has 0 radical (unpaired) electrons. The number of nitrogens with one attached hydrogen (secondary N) is 1. The standard InChI is InChI=1S/C21H26N8/c1-3-28-13(2)24-18-9-8-17(26-20(18)28)16-10-11-29-19(16)12-23-21(27-29)25-15-6-4-14(22)5-7-15/h8-12,14-15H,3-7,22H2,1-2H3,(H,25,27)/t14-,15-. The van der Waals surface area contributed by atoms with Crippen molar-refractivity contribution in [1.82, 2.24) is 29.1 Å². The zero-order valence-electron chi connectivity index (χ0n) is 16.8. The highest BCUT2D eigenvalue weighted by Gasteiger charge is 2.19. The molecule has 0 unspecified atom stereocenters. The van der Waals surface area contributed by atoms with Crippen molar-refractivity contribution in [1.29, 1.82) is 0 Å². The van der Waals surface area contributed by atoms with Gasteiger partial charge in [0.05, 0.1) is 17.4 Å². The molecule has 4 aromatic heterocycles. The number of fused-ring (bicyclic) bond motifs is 2. The lowest BCUT2D eigenvalue weighted by molar-refractivity contribution is 0.409. The van der Waals surface area contributed by atoms with Crippen LogP contribution in [0.4, 0.5) is 5.95 Å². The highest BCUT2D eigenvalue weighted by atomic mass is 15.3. The Morgan fingerprint density at radius 1 is 1.14 bits per heavy atom. The minimum atomic E-state index is 0.334. The van der Waals surface area contributed by atoms with Gasteiger partial charge in [0, 0.05) is 30.4 Å². The van der Waals surface area contributed by atoms with Gasteiger partial charge in [0.25, 0.3) is 0 Å². The van der Waals surface area contributed by atoms with Crippen LogP contribution in [0, 0.1) is 6.92 Å². The Morgan fingerprint density at radius 2 is 1.97 bits per heavy atom. The van der Waals surface area contributed by atoms with E-state index in [1.807, 2.05) is 42.0 Å². The minimum absolute atomic E-state index is 0.334. The third-order valence-corrected chi connectivity index (χ3v) is 5.90. The summed E-state index contributed by atoms with van der Waals surface area (Å²) < 4.78 is 4.00. The van der Waals surface area contributed by atoms with Crippen molar-refractivity contribution >= 4 is 22.6 Å². The monoisotopic (exact) mass is 390 g/mol. The SMILES string of the molecule is CCn1c(C)nc2ccc(-c3ccn4nc(N[C@H]5CC[C@H](N)CC5)ncc34)nc21. The summed E-state index contributed by atoms with van der Waals surface area (Å²) in [5.74, 6) is 1.64. The second-order valence-corrected chi connectivity index (χ2v) is 7.84. The molecular formula is C21H26N8. The maximum atomic E-state index is 6.00. The summed E-state index contributed by atoms with van der Waals surface area (Å²) >= 11 is 0. The number of rotatable bonds is 4. The van der Waals surface area contributed by atoms with E-state index in [9.17, 15) is 0 Å². The van der Waals surface area contributed by atoms with Crippen LogP contribution < -0.4 is 11.1 Å². The summed E-state index contributed by atoms with van der Waals surface area (Å²) in [6.07, 6.45) is 8.06. The molecule has 0 aliphatic heterocycles. The molecule has 8 nitrogen and oxygen atoms in total. The van der Waals surface area contributed by atoms with Crippen LogP contribution in [0.15, 0.2) is 30.6 Å². The van der Waals surface area contributed by atoms with E-state index in [1.165, 1.54) is 0 Å². The van der Waals surface area contributed by atoms with Crippen LogP contribution in [-0.4, -0.2) is 41.2 Å². The predicted molar refractivity (Wildman–Crippen MR) is 114 cm³/mol. The van der Waals surface area contributed by atoms with Crippen LogP contribution in [-0.2, 0) is 6.54 Å². The highest BCUT2D eigenvalue weighted by molar-refractivity contribution is 5.82. The van der Waals surface area contributed by atoms with Crippen molar-refractivity contribution in [2.45, 2.75) is 58.2 Å². The number of imidazole rings is 1. The number of anilines is 1. The van der Waals surface area contributed by atoms with E-state index < -0.39 is 0 Å². The fourth-order valence-electron chi connectivity index (χ4n) is 4.27. The summed E-state index contributed by atoms with van der Waals surface area (Å²) in [6.45, 7) is 4.97. The van der Waals surface area contributed by atoms with E-state index in [1.54, 1.807) is 0 Å². The molecule has 0 saturated heterocycles. The number of nitrogens with two attached hydrogens (primary N) is 1. The van der Waals surface area contributed by atoms with Crippen LogP contribution in [0.3, 0.4) is 0 Å². The first kappa shape index (κ1) is 18.1. The molecule has 0 amide bonds. The van der Waals surface area contributed by atoms with Crippen molar-refractivity contribution in [3.05, 3.63) is 36.4 Å². The largest absolute Gasteiger partial charge is 0.350 e. The van der Waals surface area contributed by atoms with E-state index >= 15 is 0 Å². The lowest BCUT2D eigenvalue weighted by atomic mass is 9.92. The van der Waals surface area contributed by atoms with Crippen molar-refractivity contribution in [2.24, 2.45) is 5.73 Å². The molecule has 8 heteroatoms. The van der Waals surface area contributed by atoms with Gasteiger partial charge in [-0.3, -0.25) is 0 Å². The van der Waals surface area contributed by atoms with Gasteiger partial charge in [0.15, 0.2) is 5.65 Å². The zero-order chi connectivity index (χ0) is 20.0. The molecule has 0 atom stereocenters. The molecule has 0 aromatic carbocycles. The summed E-state index contributed by atoms with van der Waals surface area (Å²) in [5.41, 5.74) is 10.7. The van der Waals surface area contributed by atoms with Crippen molar-refractivity contribution in [2.75, 3.05) is 5.32 Å². The molecule has 150 valence electrons. The molecule has 0 spiro atoms. The second-order valence-electron chi connectivity index (χ2n) is 7.84. The van der Waals surface area contributed by atoms with Gasteiger partial charge in [-0.25, -0.2) is 19.5 Å². The van der Waals surface area contributed by atoms with Gasteiger partial charge in [-0.1, -0.05) is 0 Å². The molecule has 1 fully saturated rings. The van der Waals surface area contributed by atoms with Gasteiger partial charge in [-0.2, -0.15) is 0 Å². The van der Waals surface area contributed by atoms with Gasteiger partial charge < -0.3 is 15.6 Å². The number of aromatic nitrogens is 6. The number of hydrogen-bond acceptors (Lipinski definition) is 6. The molecule has 4 aromatic rings. The number of nitrogens with zero attached hydrogens (tertiary/aromatic N) is 6. The molecule has 3 N–H and O–H groups in total. The van der Waals surface area contributed by atoms with Crippen molar-refractivity contribution < 1.29 is 0 Å². The number of pyridine rings is 1. The lowest BCUT2D eigenvalue weighted by Crippen LogP contribution is -2.33. The number of hydrogen-bond donors (Lipinski definition) is 2. The first-order valence-corrected chi connectivity index (χ1v) is 10.3. The second kappa shape index (κ2) is 7.11. The van der Waals surface area contributed by atoms with Gasteiger partial charge in [-0.15, -0.1) is 5.10 Å². The van der Waals surface area contributed by atoms with Gasteiger partial charge in [-0.05, 0) is 57.7 Å². The van der Waals surface area contributed by atoms with E-state index in [0.29, 0.717) is 18.0 Å². The summed E-state index contributed by atoms with van der Waals surface area (Å²) in [7, 11) is 0. The van der Waals surface area contributed by atoms with E-state index in [0.717, 1.165) is 66.0 Å². The first-order chi connectivity index (χ1) is 14.1. The average Bonchev–Trinajstić information content (AvgIpc) is 3.28. The molecule has 4 heterocycles. The van der Waals surface area contributed by atoms with Crippen LogP contribution >= 0.6 is 0 Å². The Hall–Kier alpha value is -3.00. The van der Waals surface area contributed by atoms with Crippen LogP contribution in [0.5, 0.6) is 0 Å². The van der Waals surface area contributed by atoms with Gasteiger partial charge in [0.1, 0.15) is 11.3 Å². The van der Waals surface area contributed by atoms with Crippen LogP contribution in [0.25, 0.3) is 27.9 Å². The molecule has 5 rings (SSSR count). The van der Waals surface area contributed by atoms with Gasteiger partial charge in [0.2, 0.25) is 5.95 Å². The number of aryl methyl sites for hydroxylation is 2. The maximum absolute atomic E-state index is 6.00. The quantitative estimate of drug-likeness (QED) is 0.555. The molecule has 1 aliphatic carbocycles. The first-order valence-electron chi connectivity index (χ1n) is 10.3. The van der Waals surface area contributed by atoms with Crippen molar-refractivity contribution in [3.8, 4) is 11.3 Å². The summed E-state index contributed by atoms with van der Waals surface area (Å²) in [4.78, 5) is 14.0. The van der Waals surface area contributed by atoms with E-state index in [-0.39, 0.29) is 0 Å². The Kier molecular flexibility index (Phi) is 4.43. The molecule has 1 aliphatic rings. The van der Waals surface area contributed by atoms with E-state index in [4.69, 9.17) is 10.7 Å². The smallest absolute Gasteiger partial charge is 0.241 e. The average molecular weight is 390 g/mol. The molecule has 0 bridgehead atoms. The Labute approximate surface area is 169 Å². The fourth-order valence-corrected chi connectivity index (χ4v) is 4.27. The minimum Gasteiger partial charge on any atom is -0.350 e. The van der Waals surface area contributed by atoms with Crippen LogP contribution in [0.1, 0.15) is 38.4 Å². The molecular weight excluding hydrogens is 364 g/mol. The third-order valence-electron chi connectivity index (χ3n) is 5.90. The highest BCUT2D eigenvalue weighted by Crippen LogP contribution is 2.26. The predicted octanol–water partition coefficient (Wildman–Crippen LogP) is 3.15. The zero-order valence-corrected chi connectivity index (χ0v) is 16.8. The van der Waals surface area contributed by atoms with Gasteiger partial charge >= 0.3 is 0 Å².